The van der Waals surface area contributed by atoms with Gasteiger partial charge in [0.15, 0.2) is 0 Å². The van der Waals surface area contributed by atoms with Crippen molar-refractivity contribution in [2.45, 2.75) is 13.3 Å². The Morgan fingerprint density at radius 3 is 2.94 bits per heavy atom. The Morgan fingerprint density at radius 1 is 1.50 bits per heavy atom. The summed E-state index contributed by atoms with van der Waals surface area (Å²) in [6.07, 6.45) is 0.689. The zero-order chi connectivity index (χ0) is 11.8. The Hall–Kier alpha value is -1.62. The van der Waals surface area contributed by atoms with Crippen LogP contribution >= 0.6 is 0 Å². The van der Waals surface area contributed by atoms with Gasteiger partial charge in [-0.1, -0.05) is 12.1 Å². The number of benzene rings is 1. The molecule has 0 aliphatic rings. The number of aliphatic imine (C=N–C) groups is 1. The monoisotopic (exact) mass is 224 g/mol. The minimum absolute atomic E-state index is 0.217. The van der Waals surface area contributed by atoms with Crippen molar-refractivity contribution in [1.29, 1.82) is 0 Å². The summed E-state index contributed by atoms with van der Waals surface area (Å²) in [5, 5.41) is 2.97. The first-order valence-corrected chi connectivity index (χ1v) is 5.25. The molecule has 0 saturated carbocycles. The molecule has 0 heterocycles. The molecule has 0 radical (unpaired) electrons. The van der Waals surface area contributed by atoms with Crippen LogP contribution in [-0.2, 0) is 6.42 Å². The molecule has 0 amide bonds. The zero-order valence-corrected chi connectivity index (χ0v) is 9.33. The normalized spacial score (nSPS) is 11.3. The van der Waals surface area contributed by atoms with Crippen molar-refractivity contribution < 1.29 is 4.39 Å². The lowest BCUT2D eigenvalue weighted by molar-refractivity contribution is 0.625. The van der Waals surface area contributed by atoms with Crippen molar-refractivity contribution in [2.75, 3.05) is 13.1 Å². The summed E-state index contributed by atoms with van der Waals surface area (Å²) in [6.45, 7) is 3.28. The van der Waals surface area contributed by atoms with Gasteiger partial charge >= 0.3 is 0 Å². The molecular weight excluding hydrogens is 207 g/mol. The highest BCUT2D eigenvalue weighted by atomic mass is 19.1. The van der Waals surface area contributed by atoms with Gasteiger partial charge in [0.2, 0.25) is 5.96 Å². The first kappa shape index (κ1) is 12.4. The third kappa shape index (κ3) is 4.27. The fraction of sp³-hybridized carbons (Fsp3) is 0.364. The number of rotatable bonds is 4. The van der Waals surface area contributed by atoms with Crippen LogP contribution in [0.5, 0.6) is 0 Å². The SMILES string of the molecule is CCNC(=NCCc1cccc(F)c1)NN. The van der Waals surface area contributed by atoms with E-state index in [4.69, 9.17) is 5.84 Å². The highest BCUT2D eigenvalue weighted by molar-refractivity contribution is 5.79. The topological polar surface area (TPSA) is 62.4 Å². The average molecular weight is 224 g/mol. The first-order valence-electron chi connectivity index (χ1n) is 5.25. The van der Waals surface area contributed by atoms with Gasteiger partial charge < -0.3 is 5.32 Å². The fourth-order valence-electron chi connectivity index (χ4n) is 1.31. The maximum Gasteiger partial charge on any atom is 0.205 e. The van der Waals surface area contributed by atoms with Crippen molar-refractivity contribution >= 4 is 5.96 Å². The highest BCUT2D eigenvalue weighted by Gasteiger charge is 1.96. The van der Waals surface area contributed by atoms with Gasteiger partial charge in [0.05, 0.1) is 0 Å². The van der Waals surface area contributed by atoms with E-state index in [9.17, 15) is 4.39 Å². The summed E-state index contributed by atoms with van der Waals surface area (Å²) < 4.78 is 12.9. The third-order valence-electron chi connectivity index (χ3n) is 2.04. The van der Waals surface area contributed by atoms with Crippen molar-refractivity contribution in [3.63, 3.8) is 0 Å². The minimum atomic E-state index is -0.217. The highest BCUT2D eigenvalue weighted by Crippen LogP contribution is 2.03. The van der Waals surface area contributed by atoms with Gasteiger partial charge in [-0.3, -0.25) is 10.4 Å². The molecule has 5 heteroatoms. The molecule has 0 aromatic heterocycles. The molecule has 16 heavy (non-hydrogen) atoms. The molecule has 1 rings (SSSR count). The molecule has 88 valence electrons. The Kier molecular flexibility index (Phi) is 5.28. The molecule has 0 fully saturated rings. The lowest BCUT2D eigenvalue weighted by atomic mass is 10.1. The number of hydrogen-bond acceptors (Lipinski definition) is 2. The number of halogens is 1. The Bertz CT molecular complexity index is 352. The molecule has 0 aliphatic heterocycles. The van der Waals surface area contributed by atoms with Crippen LogP contribution in [0.25, 0.3) is 0 Å². The lowest BCUT2D eigenvalue weighted by Gasteiger charge is -2.06. The molecule has 1 aromatic carbocycles. The van der Waals surface area contributed by atoms with Gasteiger partial charge in [-0.15, -0.1) is 0 Å². The summed E-state index contributed by atoms with van der Waals surface area (Å²) in [6, 6.07) is 6.51. The Balaban J connectivity index is 2.45. The van der Waals surface area contributed by atoms with Crippen LogP contribution < -0.4 is 16.6 Å². The van der Waals surface area contributed by atoms with E-state index in [0.717, 1.165) is 12.1 Å². The van der Waals surface area contributed by atoms with E-state index in [1.165, 1.54) is 12.1 Å². The van der Waals surface area contributed by atoms with Crippen LogP contribution in [0.3, 0.4) is 0 Å². The largest absolute Gasteiger partial charge is 0.356 e. The number of nitrogens with zero attached hydrogens (tertiary/aromatic N) is 1. The zero-order valence-electron chi connectivity index (χ0n) is 9.33. The Morgan fingerprint density at radius 2 is 2.31 bits per heavy atom. The van der Waals surface area contributed by atoms with Crippen molar-refractivity contribution in [2.24, 2.45) is 10.8 Å². The van der Waals surface area contributed by atoms with Crippen molar-refractivity contribution in [3.05, 3.63) is 35.6 Å². The van der Waals surface area contributed by atoms with Crippen molar-refractivity contribution in [3.8, 4) is 0 Å². The second-order valence-electron chi connectivity index (χ2n) is 3.28. The molecule has 0 bridgehead atoms. The number of hydrazine groups is 1. The first-order chi connectivity index (χ1) is 7.76. The van der Waals surface area contributed by atoms with Crippen molar-refractivity contribution in [1.82, 2.24) is 10.7 Å². The van der Waals surface area contributed by atoms with E-state index in [1.54, 1.807) is 6.07 Å². The molecule has 4 N–H and O–H groups in total. The number of nitrogens with two attached hydrogens (primary N) is 1. The van der Waals surface area contributed by atoms with Crippen LogP contribution in [0.1, 0.15) is 12.5 Å². The molecule has 1 aromatic rings. The van der Waals surface area contributed by atoms with E-state index in [0.29, 0.717) is 18.9 Å². The number of nitrogens with one attached hydrogen (secondary N) is 2. The van der Waals surface area contributed by atoms with E-state index >= 15 is 0 Å². The van der Waals surface area contributed by atoms with E-state index in [1.807, 2.05) is 13.0 Å². The smallest absolute Gasteiger partial charge is 0.205 e. The standard InChI is InChI=1S/C11H17FN4/c1-2-14-11(16-13)15-7-6-9-4-3-5-10(12)8-9/h3-5,8H,2,6-7,13H2,1H3,(H2,14,15,16). The Labute approximate surface area is 94.7 Å². The quantitative estimate of drug-likeness (QED) is 0.307. The molecular formula is C11H17FN4. The molecule has 0 spiro atoms. The van der Waals surface area contributed by atoms with Gasteiger partial charge in [0.1, 0.15) is 5.82 Å². The maximum atomic E-state index is 12.9. The van der Waals surface area contributed by atoms with Crippen LogP contribution in [-0.4, -0.2) is 19.0 Å². The second kappa shape index (κ2) is 6.79. The number of guanidine groups is 1. The maximum absolute atomic E-state index is 12.9. The van der Waals surface area contributed by atoms with Crippen LogP contribution in [0.4, 0.5) is 4.39 Å². The average Bonchev–Trinajstić information content (AvgIpc) is 2.28. The van der Waals surface area contributed by atoms with E-state index in [-0.39, 0.29) is 5.82 Å². The lowest BCUT2D eigenvalue weighted by Crippen LogP contribution is -2.41. The van der Waals surface area contributed by atoms with Gasteiger partial charge in [0.25, 0.3) is 0 Å². The molecule has 4 nitrogen and oxygen atoms in total. The van der Waals surface area contributed by atoms with Gasteiger partial charge in [-0.2, -0.15) is 0 Å². The fourth-order valence-corrected chi connectivity index (χ4v) is 1.31. The summed E-state index contributed by atoms with van der Waals surface area (Å²) in [5.41, 5.74) is 3.39. The summed E-state index contributed by atoms with van der Waals surface area (Å²) in [7, 11) is 0. The number of hydrogen-bond donors (Lipinski definition) is 3. The van der Waals surface area contributed by atoms with Gasteiger partial charge in [-0.05, 0) is 31.0 Å². The van der Waals surface area contributed by atoms with Gasteiger partial charge in [-0.25, -0.2) is 10.2 Å². The minimum Gasteiger partial charge on any atom is -0.356 e. The predicted octanol–water partition coefficient (Wildman–Crippen LogP) is 0.797. The molecule has 0 atom stereocenters. The summed E-state index contributed by atoms with van der Waals surface area (Å²) >= 11 is 0. The predicted molar refractivity (Wildman–Crippen MR) is 63.4 cm³/mol. The summed E-state index contributed by atoms with van der Waals surface area (Å²) in [5.74, 6) is 5.60. The molecule has 0 aliphatic carbocycles. The van der Waals surface area contributed by atoms with Crippen LogP contribution in [0.15, 0.2) is 29.3 Å². The molecule has 0 unspecified atom stereocenters. The van der Waals surface area contributed by atoms with E-state index < -0.39 is 0 Å². The van der Waals surface area contributed by atoms with Gasteiger partial charge in [0, 0.05) is 13.1 Å². The van der Waals surface area contributed by atoms with E-state index in [2.05, 4.69) is 15.7 Å². The second-order valence-corrected chi connectivity index (χ2v) is 3.28. The third-order valence-corrected chi connectivity index (χ3v) is 2.04. The van der Waals surface area contributed by atoms with Crippen LogP contribution in [0.2, 0.25) is 0 Å². The summed E-state index contributed by atoms with van der Waals surface area (Å²) in [4.78, 5) is 4.20. The van der Waals surface area contributed by atoms with Crippen LogP contribution in [0, 0.1) is 5.82 Å². The molecule has 0 saturated heterocycles.